The molecule has 0 rings (SSSR count). The summed E-state index contributed by atoms with van der Waals surface area (Å²) in [5.41, 5.74) is 0. The van der Waals surface area contributed by atoms with Crippen LogP contribution >= 0.6 is 0 Å². The Labute approximate surface area is 84.4 Å². The second-order valence-electron chi connectivity index (χ2n) is 2.46. The maximum absolute atomic E-state index is 10.8. The molecular weight excluding hydrogens is 200 g/mol. The SMILES string of the molecule is C=CC(=O)O[SiH](OC(=O)C=C)C(=C)C. The molecule has 5 heteroatoms. The largest absolute Gasteiger partial charge is 0.481 e. The van der Waals surface area contributed by atoms with Crippen molar-refractivity contribution in [1.29, 1.82) is 0 Å². The summed E-state index contributed by atoms with van der Waals surface area (Å²) < 4.78 is 9.65. The molecule has 0 saturated heterocycles. The van der Waals surface area contributed by atoms with Crippen molar-refractivity contribution >= 4 is 21.2 Å². The molecule has 0 aromatic heterocycles. The van der Waals surface area contributed by atoms with Gasteiger partial charge < -0.3 is 8.85 Å². The van der Waals surface area contributed by atoms with Crippen LogP contribution in [0.15, 0.2) is 37.1 Å². The first-order valence-corrected chi connectivity index (χ1v) is 5.34. The maximum Gasteiger partial charge on any atom is 0.478 e. The van der Waals surface area contributed by atoms with E-state index in [0.717, 1.165) is 12.2 Å². The third-order valence-electron chi connectivity index (χ3n) is 1.18. The minimum Gasteiger partial charge on any atom is -0.481 e. The second-order valence-corrected chi connectivity index (χ2v) is 4.58. The number of allylic oxidation sites excluding steroid dienone is 1. The summed E-state index contributed by atoms with van der Waals surface area (Å²) in [7, 11) is -2.49. The summed E-state index contributed by atoms with van der Waals surface area (Å²) in [5, 5.41) is 0.537. The smallest absolute Gasteiger partial charge is 0.478 e. The van der Waals surface area contributed by atoms with E-state index in [1.54, 1.807) is 6.92 Å². The summed E-state index contributed by atoms with van der Waals surface area (Å²) in [6.45, 7) is 11.7. The Morgan fingerprint density at radius 2 is 1.50 bits per heavy atom. The van der Waals surface area contributed by atoms with Gasteiger partial charge in [-0.05, 0) is 12.1 Å². The van der Waals surface area contributed by atoms with Gasteiger partial charge in [0, 0.05) is 12.2 Å². The van der Waals surface area contributed by atoms with E-state index in [2.05, 4.69) is 19.7 Å². The third-order valence-corrected chi connectivity index (χ3v) is 2.88. The Hall–Kier alpha value is -1.62. The number of hydrogen-bond acceptors (Lipinski definition) is 4. The highest BCUT2D eigenvalue weighted by Crippen LogP contribution is 2.02. The van der Waals surface area contributed by atoms with Gasteiger partial charge in [-0.1, -0.05) is 19.7 Å². The van der Waals surface area contributed by atoms with Crippen LogP contribution in [0.3, 0.4) is 0 Å². The first-order valence-electron chi connectivity index (χ1n) is 3.82. The molecule has 0 radical (unpaired) electrons. The lowest BCUT2D eigenvalue weighted by atomic mass is 10.7. The van der Waals surface area contributed by atoms with Crippen molar-refractivity contribution in [3.8, 4) is 0 Å². The fraction of sp³-hybridized carbons (Fsp3) is 0.111. The first kappa shape index (κ1) is 12.4. The quantitative estimate of drug-likeness (QED) is 0.499. The Morgan fingerprint density at radius 3 is 1.71 bits per heavy atom. The minimum atomic E-state index is -2.49. The van der Waals surface area contributed by atoms with Crippen LogP contribution in [0.1, 0.15) is 6.92 Å². The van der Waals surface area contributed by atoms with E-state index in [9.17, 15) is 9.59 Å². The number of rotatable bonds is 5. The Kier molecular flexibility index (Phi) is 5.24. The van der Waals surface area contributed by atoms with Gasteiger partial charge in [0.05, 0.1) is 0 Å². The zero-order valence-corrected chi connectivity index (χ0v) is 9.14. The van der Waals surface area contributed by atoms with Gasteiger partial charge in [-0.15, -0.1) is 0 Å². The van der Waals surface area contributed by atoms with E-state index in [1.165, 1.54) is 0 Å². The van der Waals surface area contributed by atoms with Gasteiger partial charge >= 0.3 is 21.2 Å². The van der Waals surface area contributed by atoms with Crippen LogP contribution < -0.4 is 0 Å². The molecule has 0 aromatic rings. The number of hydrogen-bond donors (Lipinski definition) is 0. The molecule has 0 unspecified atom stereocenters. The zero-order valence-electron chi connectivity index (χ0n) is 7.99. The molecular formula is C9H12O4Si. The molecule has 0 aromatic carbocycles. The van der Waals surface area contributed by atoms with Gasteiger partial charge in [0.2, 0.25) is 0 Å². The number of carbonyl (C=O) groups is 2. The summed E-state index contributed by atoms with van der Waals surface area (Å²) in [5.74, 6) is -1.25. The Bertz CT molecular complexity index is 261. The molecule has 0 bridgehead atoms. The molecule has 0 amide bonds. The van der Waals surface area contributed by atoms with Gasteiger partial charge in [-0.3, -0.25) is 0 Å². The van der Waals surface area contributed by atoms with Crippen molar-refractivity contribution in [2.24, 2.45) is 0 Å². The molecule has 0 aliphatic carbocycles. The number of carbonyl (C=O) groups excluding carboxylic acids is 2. The highest BCUT2D eigenvalue weighted by molar-refractivity contribution is 6.57. The molecule has 0 heterocycles. The summed E-state index contributed by atoms with van der Waals surface area (Å²) in [6.07, 6.45) is 2.01. The van der Waals surface area contributed by atoms with Crippen LogP contribution in [0.4, 0.5) is 0 Å². The zero-order chi connectivity index (χ0) is 11.1. The lowest BCUT2D eigenvalue weighted by Gasteiger charge is -2.13. The van der Waals surface area contributed by atoms with Crippen LogP contribution in [0.2, 0.25) is 0 Å². The lowest BCUT2D eigenvalue weighted by Crippen LogP contribution is -2.29. The molecule has 76 valence electrons. The van der Waals surface area contributed by atoms with Crippen molar-refractivity contribution in [2.75, 3.05) is 0 Å². The van der Waals surface area contributed by atoms with Gasteiger partial charge in [-0.25, -0.2) is 9.59 Å². The molecule has 14 heavy (non-hydrogen) atoms. The summed E-state index contributed by atoms with van der Waals surface area (Å²) in [4.78, 5) is 21.7. The van der Waals surface area contributed by atoms with Gasteiger partial charge in [-0.2, -0.15) is 0 Å². The molecule has 0 N–H and O–H groups in total. The molecule has 0 spiro atoms. The van der Waals surface area contributed by atoms with Crippen LogP contribution in [0.25, 0.3) is 0 Å². The standard InChI is InChI=1S/C9H12O4Si/c1-5-8(10)12-14(7(3)4)13-9(11)6-2/h5-6,14H,1-3H2,4H3. The van der Waals surface area contributed by atoms with Crippen LogP contribution in [0, 0.1) is 0 Å². The second kappa shape index (κ2) is 5.93. The Morgan fingerprint density at radius 1 is 1.14 bits per heavy atom. The average molecular weight is 212 g/mol. The highest BCUT2D eigenvalue weighted by Gasteiger charge is 2.21. The van der Waals surface area contributed by atoms with Crippen LogP contribution in [0.5, 0.6) is 0 Å². The lowest BCUT2D eigenvalue weighted by molar-refractivity contribution is -0.134. The molecule has 0 aliphatic heterocycles. The maximum atomic E-state index is 10.8. The molecule has 0 saturated carbocycles. The molecule has 4 nitrogen and oxygen atoms in total. The Balaban J connectivity index is 4.37. The predicted molar refractivity (Wildman–Crippen MR) is 54.5 cm³/mol. The molecule has 0 aliphatic rings. The average Bonchev–Trinajstić information content (AvgIpc) is 2.16. The van der Waals surface area contributed by atoms with E-state index in [1.807, 2.05) is 0 Å². The van der Waals surface area contributed by atoms with Gasteiger partial charge in [0.15, 0.2) is 0 Å². The summed E-state index contributed by atoms with van der Waals surface area (Å²) >= 11 is 0. The fourth-order valence-electron chi connectivity index (χ4n) is 0.532. The van der Waals surface area contributed by atoms with E-state index >= 15 is 0 Å². The van der Waals surface area contributed by atoms with Gasteiger partial charge in [0.1, 0.15) is 0 Å². The molecule has 0 fully saturated rings. The van der Waals surface area contributed by atoms with E-state index in [0.29, 0.717) is 5.20 Å². The monoisotopic (exact) mass is 212 g/mol. The van der Waals surface area contributed by atoms with Crippen molar-refractivity contribution in [2.45, 2.75) is 6.92 Å². The van der Waals surface area contributed by atoms with E-state index in [4.69, 9.17) is 8.85 Å². The fourth-order valence-corrected chi connectivity index (χ4v) is 1.60. The van der Waals surface area contributed by atoms with Crippen LogP contribution in [-0.4, -0.2) is 21.2 Å². The van der Waals surface area contributed by atoms with Crippen molar-refractivity contribution in [3.05, 3.63) is 37.1 Å². The first-order chi connectivity index (χ1) is 6.51. The highest BCUT2D eigenvalue weighted by atomic mass is 28.3. The van der Waals surface area contributed by atoms with Crippen molar-refractivity contribution in [3.63, 3.8) is 0 Å². The minimum absolute atomic E-state index is 0.537. The predicted octanol–water partition coefficient (Wildman–Crippen LogP) is 0.781. The van der Waals surface area contributed by atoms with E-state index in [-0.39, 0.29) is 0 Å². The van der Waals surface area contributed by atoms with Crippen molar-refractivity contribution < 1.29 is 18.4 Å². The summed E-state index contributed by atoms with van der Waals surface area (Å²) in [6, 6.07) is 0. The molecule has 0 atom stereocenters. The van der Waals surface area contributed by atoms with Gasteiger partial charge in [0.25, 0.3) is 0 Å². The van der Waals surface area contributed by atoms with Crippen molar-refractivity contribution in [1.82, 2.24) is 0 Å². The topological polar surface area (TPSA) is 52.6 Å². The van der Waals surface area contributed by atoms with Crippen LogP contribution in [-0.2, 0) is 18.4 Å². The normalized spacial score (nSPS) is 9.00. The van der Waals surface area contributed by atoms with E-state index < -0.39 is 21.2 Å². The third kappa shape index (κ3) is 4.41.